The average molecular weight is 221 g/mol. The van der Waals surface area contributed by atoms with Crippen LogP contribution in [-0.2, 0) is 4.79 Å². The number of aromatic carboxylic acids is 1. The fourth-order valence-electron chi connectivity index (χ4n) is 0.983. The molecule has 0 heterocycles. The number of amides is 1. The van der Waals surface area contributed by atoms with Crippen molar-refractivity contribution in [2.45, 2.75) is 13.8 Å². The molecule has 0 aromatic heterocycles. The minimum absolute atomic E-state index is 0.394. The van der Waals surface area contributed by atoms with Gasteiger partial charge in [0.2, 0.25) is 5.91 Å². The maximum atomic E-state index is 10.6. The molecule has 0 spiro atoms. The molecular formula is C12H15NO3. The Morgan fingerprint density at radius 2 is 1.88 bits per heavy atom. The first kappa shape index (κ1) is 13.9. The third-order valence-electron chi connectivity index (χ3n) is 2.04. The first-order valence-electron chi connectivity index (χ1n) is 4.61. The second-order valence-corrected chi connectivity index (χ2v) is 3.16. The van der Waals surface area contributed by atoms with E-state index in [4.69, 9.17) is 5.11 Å². The predicted molar refractivity (Wildman–Crippen MR) is 62.3 cm³/mol. The summed E-state index contributed by atoms with van der Waals surface area (Å²) in [6.07, 6.45) is 1.06. The molecule has 0 aliphatic carbocycles. The molecule has 1 amide bonds. The number of carboxylic acids is 1. The van der Waals surface area contributed by atoms with Crippen LogP contribution in [0.25, 0.3) is 0 Å². The number of aryl methyl sites for hydroxylation is 1. The van der Waals surface area contributed by atoms with Gasteiger partial charge >= 0.3 is 5.97 Å². The largest absolute Gasteiger partial charge is 0.478 e. The zero-order valence-electron chi connectivity index (χ0n) is 9.36. The van der Waals surface area contributed by atoms with Crippen molar-refractivity contribution in [3.05, 3.63) is 47.5 Å². The molecule has 0 unspecified atom stereocenters. The molecule has 0 aliphatic heterocycles. The smallest absolute Gasteiger partial charge is 0.335 e. The van der Waals surface area contributed by atoms with Crippen molar-refractivity contribution < 1.29 is 14.7 Å². The number of carbonyl (C=O) groups is 2. The lowest BCUT2D eigenvalue weighted by Gasteiger charge is -2.02. The predicted octanol–water partition coefficient (Wildman–Crippen LogP) is 1.66. The highest BCUT2D eigenvalue weighted by Crippen LogP contribution is 2.11. The van der Waals surface area contributed by atoms with Crippen LogP contribution in [0.4, 0.5) is 0 Å². The van der Waals surface area contributed by atoms with Gasteiger partial charge in [0.1, 0.15) is 0 Å². The summed E-state index contributed by atoms with van der Waals surface area (Å²) in [5.74, 6) is -1.34. The number of primary amides is 1. The summed E-state index contributed by atoms with van der Waals surface area (Å²) in [5.41, 5.74) is 6.79. The van der Waals surface area contributed by atoms with E-state index in [1.807, 2.05) is 19.9 Å². The molecule has 1 aromatic rings. The van der Waals surface area contributed by atoms with E-state index in [1.165, 1.54) is 0 Å². The van der Waals surface area contributed by atoms with E-state index in [0.29, 0.717) is 5.56 Å². The summed E-state index contributed by atoms with van der Waals surface area (Å²) in [6.45, 7) is 6.81. The Labute approximate surface area is 94.4 Å². The van der Waals surface area contributed by atoms with Crippen LogP contribution >= 0.6 is 0 Å². The number of hydrogen-bond donors (Lipinski definition) is 2. The zero-order chi connectivity index (χ0) is 12.7. The van der Waals surface area contributed by atoms with Gasteiger partial charge in [-0.3, -0.25) is 4.79 Å². The first-order chi connectivity index (χ1) is 7.40. The summed E-state index contributed by atoms with van der Waals surface area (Å²) in [7, 11) is 0. The fraction of sp³-hybridized carbons (Fsp3) is 0.167. The number of benzene rings is 1. The Morgan fingerprint density at radius 1 is 1.38 bits per heavy atom. The van der Waals surface area contributed by atoms with E-state index in [9.17, 15) is 9.59 Å². The Bertz CT molecular complexity index is 411. The molecule has 4 nitrogen and oxygen atoms in total. The van der Waals surface area contributed by atoms with Gasteiger partial charge in [-0.05, 0) is 37.1 Å². The van der Waals surface area contributed by atoms with Crippen molar-refractivity contribution in [3.63, 3.8) is 0 Å². The highest BCUT2D eigenvalue weighted by Gasteiger charge is 2.06. The van der Waals surface area contributed by atoms with Gasteiger partial charge in [-0.1, -0.05) is 18.7 Å². The Kier molecular flexibility index (Phi) is 5.56. The molecule has 0 aliphatic rings. The van der Waals surface area contributed by atoms with Gasteiger partial charge in [0.25, 0.3) is 0 Å². The minimum atomic E-state index is -0.855. The second-order valence-electron chi connectivity index (χ2n) is 3.16. The van der Waals surface area contributed by atoms with E-state index in [-0.39, 0.29) is 0 Å². The summed E-state index contributed by atoms with van der Waals surface area (Å²) >= 11 is 0. The lowest BCUT2D eigenvalue weighted by molar-refractivity contribution is -0.113. The maximum Gasteiger partial charge on any atom is 0.335 e. The topological polar surface area (TPSA) is 80.4 Å². The van der Waals surface area contributed by atoms with Crippen molar-refractivity contribution in [2.24, 2.45) is 5.73 Å². The fourth-order valence-corrected chi connectivity index (χ4v) is 0.983. The SMILES string of the molecule is C=CC(N)=O.Cc1cccc(C(=O)O)c1C. The van der Waals surface area contributed by atoms with Crippen LogP contribution in [0.5, 0.6) is 0 Å². The number of carbonyl (C=O) groups excluding carboxylic acids is 1. The third kappa shape index (κ3) is 4.41. The van der Waals surface area contributed by atoms with Crippen molar-refractivity contribution in [3.8, 4) is 0 Å². The minimum Gasteiger partial charge on any atom is -0.478 e. The maximum absolute atomic E-state index is 10.6. The van der Waals surface area contributed by atoms with Gasteiger partial charge in [0.05, 0.1) is 5.56 Å². The standard InChI is InChI=1S/C9H10O2.C3H5NO/c1-6-4-3-5-8(7(6)2)9(10)11;1-2-3(4)5/h3-5H,1-2H3,(H,10,11);2H,1H2,(H2,4,5). The summed E-state index contributed by atoms with van der Waals surface area (Å²) in [6, 6.07) is 5.28. The Balaban J connectivity index is 0.000000385. The molecule has 4 heteroatoms. The van der Waals surface area contributed by atoms with E-state index in [0.717, 1.165) is 17.2 Å². The molecule has 16 heavy (non-hydrogen) atoms. The zero-order valence-corrected chi connectivity index (χ0v) is 9.36. The molecule has 1 rings (SSSR count). The molecule has 0 radical (unpaired) electrons. The third-order valence-corrected chi connectivity index (χ3v) is 2.04. The molecule has 0 bridgehead atoms. The monoisotopic (exact) mass is 221 g/mol. The van der Waals surface area contributed by atoms with Crippen LogP contribution < -0.4 is 5.73 Å². The molecular weight excluding hydrogens is 206 g/mol. The van der Waals surface area contributed by atoms with E-state index < -0.39 is 11.9 Å². The van der Waals surface area contributed by atoms with Gasteiger partial charge in [0, 0.05) is 0 Å². The van der Waals surface area contributed by atoms with Crippen LogP contribution in [0.3, 0.4) is 0 Å². The summed E-state index contributed by atoms with van der Waals surface area (Å²) in [5, 5.41) is 8.69. The Hall–Kier alpha value is -2.10. The lowest BCUT2D eigenvalue weighted by Crippen LogP contribution is -2.04. The quantitative estimate of drug-likeness (QED) is 0.745. The number of rotatable bonds is 2. The van der Waals surface area contributed by atoms with Gasteiger partial charge in [0.15, 0.2) is 0 Å². The molecule has 3 N–H and O–H groups in total. The van der Waals surface area contributed by atoms with E-state index in [2.05, 4.69) is 12.3 Å². The van der Waals surface area contributed by atoms with Crippen LogP contribution in [0.15, 0.2) is 30.9 Å². The highest BCUT2D eigenvalue weighted by molar-refractivity contribution is 5.89. The normalized spacial score (nSPS) is 8.62. The van der Waals surface area contributed by atoms with E-state index >= 15 is 0 Å². The van der Waals surface area contributed by atoms with Crippen molar-refractivity contribution in [2.75, 3.05) is 0 Å². The molecule has 1 aromatic carbocycles. The molecule has 0 fully saturated rings. The molecule has 0 saturated carbocycles. The highest BCUT2D eigenvalue weighted by atomic mass is 16.4. The average Bonchev–Trinajstić information content (AvgIpc) is 2.22. The van der Waals surface area contributed by atoms with Crippen molar-refractivity contribution in [1.29, 1.82) is 0 Å². The summed E-state index contributed by atoms with van der Waals surface area (Å²) in [4.78, 5) is 20.0. The van der Waals surface area contributed by atoms with Crippen LogP contribution in [0.1, 0.15) is 21.5 Å². The van der Waals surface area contributed by atoms with Gasteiger partial charge < -0.3 is 10.8 Å². The van der Waals surface area contributed by atoms with Gasteiger partial charge in [-0.2, -0.15) is 0 Å². The number of nitrogens with two attached hydrogens (primary N) is 1. The Morgan fingerprint density at radius 3 is 2.19 bits per heavy atom. The van der Waals surface area contributed by atoms with Crippen LogP contribution in [0, 0.1) is 13.8 Å². The lowest BCUT2D eigenvalue weighted by atomic mass is 10.0. The van der Waals surface area contributed by atoms with Crippen molar-refractivity contribution in [1.82, 2.24) is 0 Å². The second kappa shape index (κ2) is 6.40. The summed E-state index contributed by atoms with van der Waals surface area (Å²) < 4.78 is 0. The molecule has 0 atom stereocenters. The molecule has 0 saturated heterocycles. The van der Waals surface area contributed by atoms with Gasteiger partial charge in [-0.25, -0.2) is 4.79 Å². The van der Waals surface area contributed by atoms with Crippen LogP contribution in [-0.4, -0.2) is 17.0 Å². The molecule has 86 valence electrons. The number of hydrogen-bond acceptors (Lipinski definition) is 2. The number of carboxylic acid groups (broad SMARTS) is 1. The van der Waals surface area contributed by atoms with E-state index in [1.54, 1.807) is 12.1 Å². The van der Waals surface area contributed by atoms with Gasteiger partial charge in [-0.15, -0.1) is 0 Å². The first-order valence-corrected chi connectivity index (χ1v) is 4.61. The van der Waals surface area contributed by atoms with Crippen molar-refractivity contribution >= 4 is 11.9 Å². The van der Waals surface area contributed by atoms with Crippen LogP contribution in [0.2, 0.25) is 0 Å².